The molecule has 0 radical (unpaired) electrons. The summed E-state index contributed by atoms with van der Waals surface area (Å²) in [5.41, 5.74) is 6.95. The van der Waals surface area contributed by atoms with E-state index in [2.05, 4.69) is 10.6 Å². The molecule has 0 saturated carbocycles. The third-order valence-corrected chi connectivity index (χ3v) is 3.96. The molecular weight excluding hydrogens is 334 g/mol. The molecule has 0 aromatic heterocycles. The van der Waals surface area contributed by atoms with E-state index in [1.54, 1.807) is 31.2 Å². The molecule has 1 aliphatic rings. The smallest absolute Gasteiger partial charge is 0.248 e. The standard InChI is InChI=1S/C19H21N3O4/c1-12(19(24)22-14-5-3-13(4-6-14)18(20)23)21-15-7-8-16-17(11-15)26-10-2-9-25-16/h3-8,11-12,21H,2,9-10H2,1H3,(H2,20,23)(H,22,24). The van der Waals surface area contributed by atoms with Gasteiger partial charge in [-0.25, -0.2) is 0 Å². The Bertz CT molecular complexity index is 805. The summed E-state index contributed by atoms with van der Waals surface area (Å²) in [7, 11) is 0. The van der Waals surface area contributed by atoms with E-state index < -0.39 is 11.9 Å². The first kappa shape index (κ1) is 17.6. The van der Waals surface area contributed by atoms with E-state index in [9.17, 15) is 9.59 Å². The quantitative estimate of drug-likeness (QED) is 0.764. The van der Waals surface area contributed by atoms with Crippen LogP contribution in [0, 0.1) is 0 Å². The van der Waals surface area contributed by atoms with Crippen LogP contribution in [0.5, 0.6) is 11.5 Å². The number of benzene rings is 2. The molecule has 3 rings (SSSR count). The van der Waals surface area contributed by atoms with Crippen LogP contribution < -0.4 is 25.8 Å². The molecular formula is C19H21N3O4. The average molecular weight is 355 g/mol. The number of hydrogen-bond acceptors (Lipinski definition) is 5. The minimum atomic E-state index is -0.507. The van der Waals surface area contributed by atoms with E-state index in [-0.39, 0.29) is 5.91 Å². The zero-order valence-corrected chi connectivity index (χ0v) is 14.5. The van der Waals surface area contributed by atoms with Gasteiger partial charge >= 0.3 is 0 Å². The van der Waals surface area contributed by atoms with E-state index >= 15 is 0 Å². The number of primary amides is 1. The van der Waals surface area contributed by atoms with Crippen molar-refractivity contribution in [2.24, 2.45) is 5.73 Å². The van der Waals surface area contributed by atoms with Crippen molar-refractivity contribution < 1.29 is 19.1 Å². The maximum atomic E-state index is 12.4. The summed E-state index contributed by atoms with van der Waals surface area (Å²) < 4.78 is 11.3. The topological polar surface area (TPSA) is 103 Å². The molecule has 1 aliphatic heterocycles. The molecule has 0 aliphatic carbocycles. The van der Waals surface area contributed by atoms with Gasteiger partial charge in [-0.15, -0.1) is 0 Å². The molecule has 7 heteroatoms. The number of nitrogens with two attached hydrogens (primary N) is 1. The van der Waals surface area contributed by atoms with E-state index in [4.69, 9.17) is 15.2 Å². The number of hydrogen-bond donors (Lipinski definition) is 3. The second-order valence-corrected chi connectivity index (χ2v) is 6.01. The van der Waals surface area contributed by atoms with Crippen molar-refractivity contribution in [1.82, 2.24) is 0 Å². The summed E-state index contributed by atoms with van der Waals surface area (Å²) in [4.78, 5) is 23.4. The van der Waals surface area contributed by atoms with Crippen LogP contribution in [-0.2, 0) is 4.79 Å². The summed E-state index contributed by atoms with van der Waals surface area (Å²) >= 11 is 0. The number of carbonyl (C=O) groups excluding carboxylic acids is 2. The van der Waals surface area contributed by atoms with Crippen LogP contribution in [0.1, 0.15) is 23.7 Å². The molecule has 4 N–H and O–H groups in total. The van der Waals surface area contributed by atoms with E-state index in [0.29, 0.717) is 36.0 Å². The third-order valence-electron chi connectivity index (χ3n) is 3.96. The van der Waals surface area contributed by atoms with Gasteiger partial charge in [0.05, 0.1) is 13.2 Å². The van der Waals surface area contributed by atoms with Crippen LogP contribution in [0.3, 0.4) is 0 Å². The molecule has 2 aromatic carbocycles. The van der Waals surface area contributed by atoms with Crippen molar-refractivity contribution in [3.63, 3.8) is 0 Å². The number of amides is 2. The Morgan fingerprint density at radius 1 is 1.00 bits per heavy atom. The van der Waals surface area contributed by atoms with Gasteiger partial charge < -0.3 is 25.8 Å². The Morgan fingerprint density at radius 3 is 2.35 bits per heavy atom. The molecule has 0 saturated heterocycles. The number of carbonyl (C=O) groups is 2. The second-order valence-electron chi connectivity index (χ2n) is 6.01. The second kappa shape index (κ2) is 7.77. The highest BCUT2D eigenvalue weighted by Gasteiger charge is 2.15. The summed E-state index contributed by atoms with van der Waals surface area (Å²) in [6, 6.07) is 11.4. The van der Waals surface area contributed by atoms with E-state index in [1.165, 1.54) is 0 Å². The largest absolute Gasteiger partial charge is 0.490 e. The molecule has 1 atom stereocenters. The first-order valence-electron chi connectivity index (χ1n) is 8.40. The maximum absolute atomic E-state index is 12.4. The molecule has 0 bridgehead atoms. The normalized spacial score (nSPS) is 14.0. The monoisotopic (exact) mass is 355 g/mol. The van der Waals surface area contributed by atoms with Gasteiger partial charge in [-0.2, -0.15) is 0 Å². The minimum Gasteiger partial charge on any atom is -0.490 e. The van der Waals surface area contributed by atoms with Crippen molar-refractivity contribution >= 4 is 23.2 Å². The zero-order chi connectivity index (χ0) is 18.5. The van der Waals surface area contributed by atoms with Crippen molar-refractivity contribution in [2.75, 3.05) is 23.8 Å². The fraction of sp³-hybridized carbons (Fsp3) is 0.263. The molecule has 0 fully saturated rings. The Morgan fingerprint density at radius 2 is 1.65 bits per heavy atom. The van der Waals surface area contributed by atoms with Crippen LogP contribution in [0.25, 0.3) is 0 Å². The van der Waals surface area contributed by atoms with Gasteiger partial charge in [0.15, 0.2) is 11.5 Å². The van der Waals surface area contributed by atoms with Gasteiger partial charge in [0.2, 0.25) is 11.8 Å². The highest BCUT2D eigenvalue weighted by Crippen LogP contribution is 2.32. The lowest BCUT2D eigenvalue weighted by Crippen LogP contribution is -2.31. The maximum Gasteiger partial charge on any atom is 0.248 e. The minimum absolute atomic E-state index is 0.205. The predicted molar refractivity (Wildman–Crippen MR) is 98.7 cm³/mol. The van der Waals surface area contributed by atoms with Gasteiger partial charge in [0, 0.05) is 29.4 Å². The molecule has 1 unspecified atom stereocenters. The Balaban J connectivity index is 1.62. The molecule has 1 heterocycles. The fourth-order valence-electron chi connectivity index (χ4n) is 2.54. The molecule has 7 nitrogen and oxygen atoms in total. The summed E-state index contributed by atoms with van der Waals surface area (Å²) in [6.45, 7) is 3.00. The van der Waals surface area contributed by atoms with Crippen LogP contribution in [0.4, 0.5) is 11.4 Å². The first-order chi connectivity index (χ1) is 12.5. The average Bonchev–Trinajstić information content (AvgIpc) is 2.87. The molecule has 136 valence electrons. The van der Waals surface area contributed by atoms with Crippen LogP contribution >= 0.6 is 0 Å². The fourth-order valence-corrected chi connectivity index (χ4v) is 2.54. The van der Waals surface area contributed by atoms with Crippen molar-refractivity contribution in [1.29, 1.82) is 0 Å². The summed E-state index contributed by atoms with van der Waals surface area (Å²) in [5.74, 6) is 0.665. The predicted octanol–water partition coefficient (Wildman–Crippen LogP) is 2.39. The van der Waals surface area contributed by atoms with Gasteiger partial charge in [0.25, 0.3) is 0 Å². The molecule has 26 heavy (non-hydrogen) atoms. The number of rotatable bonds is 5. The number of ether oxygens (including phenoxy) is 2. The zero-order valence-electron chi connectivity index (χ0n) is 14.5. The van der Waals surface area contributed by atoms with Crippen molar-refractivity contribution in [3.8, 4) is 11.5 Å². The molecule has 2 amide bonds. The Hall–Kier alpha value is -3.22. The van der Waals surface area contributed by atoms with Crippen LogP contribution in [0.15, 0.2) is 42.5 Å². The number of anilines is 2. The lowest BCUT2D eigenvalue weighted by molar-refractivity contribution is -0.116. The van der Waals surface area contributed by atoms with Crippen molar-refractivity contribution in [3.05, 3.63) is 48.0 Å². The van der Waals surface area contributed by atoms with Gasteiger partial charge in [-0.05, 0) is 43.3 Å². The van der Waals surface area contributed by atoms with E-state index in [0.717, 1.165) is 12.1 Å². The Labute approximate surface area is 151 Å². The lowest BCUT2D eigenvalue weighted by Gasteiger charge is -2.17. The van der Waals surface area contributed by atoms with Crippen LogP contribution in [0.2, 0.25) is 0 Å². The lowest BCUT2D eigenvalue weighted by atomic mass is 10.2. The third kappa shape index (κ3) is 4.24. The number of fused-ring (bicyclic) bond motifs is 1. The SMILES string of the molecule is CC(Nc1ccc2c(c1)OCCCO2)C(=O)Nc1ccc(C(N)=O)cc1. The van der Waals surface area contributed by atoms with Gasteiger partial charge in [-0.1, -0.05) is 0 Å². The van der Waals surface area contributed by atoms with E-state index in [1.807, 2.05) is 18.2 Å². The molecule has 2 aromatic rings. The van der Waals surface area contributed by atoms with Crippen molar-refractivity contribution in [2.45, 2.75) is 19.4 Å². The highest BCUT2D eigenvalue weighted by molar-refractivity contribution is 5.97. The molecule has 0 spiro atoms. The van der Waals surface area contributed by atoms with Crippen LogP contribution in [-0.4, -0.2) is 31.1 Å². The Kier molecular flexibility index (Phi) is 5.26. The van der Waals surface area contributed by atoms with Gasteiger partial charge in [0.1, 0.15) is 6.04 Å². The number of nitrogens with one attached hydrogen (secondary N) is 2. The highest BCUT2D eigenvalue weighted by atomic mass is 16.5. The summed E-state index contributed by atoms with van der Waals surface area (Å²) in [6.07, 6.45) is 0.838. The summed E-state index contributed by atoms with van der Waals surface area (Å²) in [5, 5.41) is 5.93. The van der Waals surface area contributed by atoms with Gasteiger partial charge in [-0.3, -0.25) is 9.59 Å². The first-order valence-corrected chi connectivity index (χ1v) is 8.40.